The lowest BCUT2D eigenvalue weighted by molar-refractivity contribution is -0.155. The summed E-state index contributed by atoms with van der Waals surface area (Å²) in [6.45, 7) is 19.7. The fraction of sp³-hybridized carbons (Fsp3) is 0.604. The number of nitrogens with one attached hydrogen (secondary N) is 2. The standard InChI is InChI=1S/C48H65N9O7S.6H2S/c1-8-55-41-12-11-32-18-35(41)37(44(55)36-19-33(22-49-43(36)31(4)61-7)54-15-14-53-16-17-62-26-34(53)23-54)21-48(5,6)28-64-46(59)38-10-9-13-56(52-38)45(58)39(20-42-50-40(32)27-65-42)51-47(60)57-29(2)24-63-25-30(57)3;;;;;;/h11-12,18-19,22,27,29-31,34,38-39,52H,8-10,13-17,20-21,23-26,28H2,1-7H3,(H,51,60);6*1H2/t29-,30-,31-,34-,38-,39-;;;;;;/m0....../s1. The first kappa shape index (κ1) is 62.7. The molecule has 3 aromatic heterocycles. The smallest absolute Gasteiger partial charge is 0.324 e. The molecule has 5 aliphatic heterocycles. The number of hydrazine groups is 1. The van der Waals surface area contributed by atoms with E-state index < -0.39 is 23.5 Å². The van der Waals surface area contributed by atoms with Gasteiger partial charge >= 0.3 is 12.0 Å². The Morgan fingerprint density at radius 1 is 1.00 bits per heavy atom. The number of aromatic nitrogens is 3. The summed E-state index contributed by atoms with van der Waals surface area (Å²) in [5.41, 5.74) is 10.7. The van der Waals surface area contributed by atoms with Crippen molar-refractivity contribution in [1.29, 1.82) is 0 Å². The van der Waals surface area contributed by atoms with E-state index in [0.717, 1.165) is 89.8 Å². The van der Waals surface area contributed by atoms with Crippen molar-refractivity contribution in [2.75, 3.05) is 77.8 Å². The lowest BCUT2D eigenvalue weighted by Gasteiger charge is -2.44. The Kier molecular flexibility index (Phi) is 23.7. The maximum Gasteiger partial charge on any atom is 0.324 e. The quantitative estimate of drug-likeness (QED) is 0.215. The number of urea groups is 1. The summed E-state index contributed by atoms with van der Waals surface area (Å²) >= 11 is 1.47. The Morgan fingerprint density at radius 2 is 1.75 bits per heavy atom. The highest BCUT2D eigenvalue weighted by molar-refractivity contribution is 7.60. The minimum atomic E-state index is -0.938. The number of cyclic esters (lactones) is 1. The van der Waals surface area contributed by atoms with Crippen LogP contribution in [0.15, 0.2) is 35.8 Å². The second-order valence-electron chi connectivity index (χ2n) is 19.3. The fourth-order valence-electron chi connectivity index (χ4n) is 10.4. The van der Waals surface area contributed by atoms with Gasteiger partial charge in [0.05, 0.1) is 91.2 Å². The Hall–Kier alpha value is -2.55. The zero-order chi connectivity index (χ0) is 45.6. The average molecular weight is 1120 g/mol. The van der Waals surface area contributed by atoms with Crippen LogP contribution in [-0.4, -0.2) is 150 Å². The van der Waals surface area contributed by atoms with Gasteiger partial charge in [0.2, 0.25) is 0 Å². The second-order valence-corrected chi connectivity index (χ2v) is 20.2. The molecule has 6 bridgehead atoms. The van der Waals surface area contributed by atoms with Crippen molar-refractivity contribution in [3.63, 3.8) is 0 Å². The number of piperazine rings is 1. The molecule has 0 spiro atoms. The number of aryl methyl sites for hydroxylation is 1. The molecule has 4 fully saturated rings. The van der Waals surface area contributed by atoms with Crippen LogP contribution in [0.3, 0.4) is 0 Å². The number of amides is 3. The Labute approximate surface area is 465 Å². The SMILES string of the molecule is CCn1c(-c2cc(N3CCN4CCOC[C@@H]4C3)cnc2[C@H](C)OC)c2c3cc(ccc31)-c1csc(n1)C[C@H](NC(=O)N1[C@@H](C)COC[C@@H]1C)C(=O)N1CCC[C@H](N1)C(=O)OCC(C)(C)C2.S.S.S.S.S.S. The number of carbonyl (C=O) groups excluding carboxylic acids is 3. The summed E-state index contributed by atoms with van der Waals surface area (Å²) in [4.78, 5) is 59.4. The van der Waals surface area contributed by atoms with Gasteiger partial charge in [-0.3, -0.25) is 24.5 Å². The minimum absolute atomic E-state index is 0. The number of benzene rings is 1. The predicted octanol–water partition coefficient (Wildman–Crippen LogP) is 6.10. The zero-order valence-corrected chi connectivity index (χ0v) is 48.7. The van der Waals surface area contributed by atoms with Crippen LogP contribution >= 0.6 is 92.3 Å². The van der Waals surface area contributed by atoms with Crippen molar-refractivity contribution in [3.05, 3.63) is 52.1 Å². The first-order valence-electron chi connectivity index (χ1n) is 23.4. The summed E-state index contributed by atoms with van der Waals surface area (Å²) in [6.07, 6.45) is 3.61. The lowest BCUT2D eigenvalue weighted by atomic mass is 9.84. The number of morpholine rings is 2. The molecule has 0 aliphatic carbocycles. The third-order valence-corrected chi connectivity index (χ3v) is 14.8. The van der Waals surface area contributed by atoms with Crippen molar-refractivity contribution in [3.8, 4) is 22.5 Å². The number of esters is 1. The van der Waals surface area contributed by atoms with Gasteiger partial charge in [-0.25, -0.2) is 15.2 Å². The summed E-state index contributed by atoms with van der Waals surface area (Å²) in [7, 11) is 1.73. The average Bonchev–Trinajstić information content (AvgIpc) is 3.91. The van der Waals surface area contributed by atoms with E-state index in [0.29, 0.717) is 56.6 Å². The van der Waals surface area contributed by atoms with Gasteiger partial charge in [-0.1, -0.05) is 19.9 Å². The van der Waals surface area contributed by atoms with E-state index in [4.69, 9.17) is 28.9 Å². The first-order valence-corrected chi connectivity index (χ1v) is 24.3. The maximum atomic E-state index is 14.4. The third kappa shape index (κ3) is 13.3. The summed E-state index contributed by atoms with van der Waals surface area (Å²) in [6, 6.07) is 6.84. The van der Waals surface area contributed by atoms with E-state index in [2.05, 4.69) is 70.1 Å². The summed E-state index contributed by atoms with van der Waals surface area (Å²) in [5, 5.41) is 8.39. The Morgan fingerprint density at radius 3 is 2.46 bits per heavy atom. The molecule has 3 amide bonds. The number of carbonyl (C=O) groups is 3. The van der Waals surface area contributed by atoms with Gasteiger partial charge in [-0.2, -0.15) is 81.0 Å². The number of fused-ring (bicyclic) bond motifs is 7. The lowest BCUT2D eigenvalue weighted by Crippen LogP contribution is -2.63. The molecule has 398 valence electrons. The number of hydrogen-bond donors (Lipinski definition) is 2. The molecule has 6 atom stereocenters. The molecular weight excluding hydrogens is 1040 g/mol. The molecule has 71 heavy (non-hydrogen) atoms. The number of pyridine rings is 1. The highest BCUT2D eigenvalue weighted by Crippen LogP contribution is 2.43. The number of hydrogen-bond acceptors (Lipinski definition) is 13. The van der Waals surface area contributed by atoms with Gasteiger partial charge in [0.25, 0.3) is 5.91 Å². The molecule has 0 saturated carbocycles. The number of rotatable bonds is 6. The molecule has 4 aromatic rings. The Balaban J connectivity index is 0.00000222. The molecule has 8 heterocycles. The minimum Gasteiger partial charge on any atom is -0.464 e. The van der Waals surface area contributed by atoms with Crippen LogP contribution in [0.25, 0.3) is 33.4 Å². The number of methoxy groups -OCH3 is 1. The number of nitrogens with zero attached hydrogens (tertiary/aromatic N) is 7. The van der Waals surface area contributed by atoms with E-state index in [-0.39, 0.29) is 124 Å². The van der Waals surface area contributed by atoms with Crippen molar-refractivity contribution >= 4 is 127 Å². The molecule has 4 saturated heterocycles. The van der Waals surface area contributed by atoms with Crippen LogP contribution in [0.4, 0.5) is 10.5 Å². The molecule has 0 radical (unpaired) electrons. The molecule has 2 N–H and O–H groups in total. The van der Waals surface area contributed by atoms with Crippen LogP contribution in [0.2, 0.25) is 0 Å². The molecular formula is C48H77N9O7S7. The second kappa shape index (κ2) is 26.8. The number of ether oxygens (including phenoxy) is 4. The molecule has 0 unspecified atom stereocenters. The van der Waals surface area contributed by atoms with E-state index in [9.17, 15) is 14.4 Å². The van der Waals surface area contributed by atoms with Gasteiger partial charge < -0.3 is 38.6 Å². The largest absolute Gasteiger partial charge is 0.464 e. The third-order valence-electron chi connectivity index (χ3n) is 13.9. The molecule has 5 aliphatic rings. The van der Waals surface area contributed by atoms with Crippen LogP contribution in [0.1, 0.15) is 76.8 Å². The van der Waals surface area contributed by atoms with Crippen LogP contribution in [0, 0.1) is 5.41 Å². The molecule has 1 aromatic carbocycles. The van der Waals surface area contributed by atoms with Crippen molar-refractivity contribution in [2.24, 2.45) is 5.41 Å². The van der Waals surface area contributed by atoms with Crippen molar-refractivity contribution in [1.82, 2.24) is 40.1 Å². The Bertz CT molecular complexity index is 2420. The fourth-order valence-corrected chi connectivity index (χ4v) is 11.2. The van der Waals surface area contributed by atoms with Crippen LogP contribution in [-0.2, 0) is 47.9 Å². The van der Waals surface area contributed by atoms with Crippen LogP contribution in [0.5, 0.6) is 0 Å². The van der Waals surface area contributed by atoms with E-state index in [1.54, 1.807) is 12.0 Å². The molecule has 23 heteroatoms. The maximum absolute atomic E-state index is 14.4. The highest BCUT2D eigenvalue weighted by Gasteiger charge is 2.38. The highest BCUT2D eigenvalue weighted by atomic mass is 32.1. The van der Waals surface area contributed by atoms with Crippen molar-refractivity contribution in [2.45, 2.75) is 110 Å². The number of anilines is 1. The van der Waals surface area contributed by atoms with Gasteiger partial charge in [0.1, 0.15) is 12.1 Å². The molecule has 9 rings (SSSR count). The summed E-state index contributed by atoms with van der Waals surface area (Å²) < 4.78 is 26.2. The predicted molar refractivity (Wildman–Crippen MR) is 312 cm³/mol. The van der Waals surface area contributed by atoms with Gasteiger partial charge in [0, 0.05) is 85.6 Å². The van der Waals surface area contributed by atoms with E-state index >= 15 is 0 Å². The van der Waals surface area contributed by atoms with Crippen LogP contribution < -0.4 is 15.6 Å². The number of thiazole rings is 1. The molecule has 16 nitrogen and oxygen atoms in total. The summed E-state index contributed by atoms with van der Waals surface area (Å²) in [5.74, 6) is -0.735. The zero-order valence-electron chi connectivity index (χ0n) is 41.9. The van der Waals surface area contributed by atoms with Gasteiger partial charge in [-0.15, -0.1) is 11.3 Å². The topological polar surface area (TPSA) is 156 Å². The van der Waals surface area contributed by atoms with E-state index in [1.165, 1.54) is 16.3 Å². The monoisotopic (exact) mass is 1120 g/mol. The normalized spacial score (nSPS) is 23.9. The first-order chi connectivity index (χ1) is 31.3. The van der Waals surface area contributed by atoms with Gasteiger partial charge in [0.15, 0.2) is 0 Å². The van der Waals surface area contributed by atoms with Gasteiger partial charge in [-0.05, 0) is 70.7 Å². The van der Waals surface area contributed by atoms with Crippen molar-refractivity contribution < 1.29 is 33.3 Å². The van der Waals surface area contributed by atoms with E-state index in [1.807, 2.05) is 32.3 Å².